The van der Waals surface area contributed by atoms with Crippen LogP contribution in [0.3, 0.4) is 0 Å². The summed E-state index contributed by atoms with van der Waals surface area (Å²) in [4.78, 5) is 8.86. The molecule has 1 aliphatic rings. The maximum absolute atomic E-state index is 5.52. The molecular formula is C13H21N5. The predicted molar refractivity (Wildman–Crippen MR) is 74.2 cm³/mol. The Morgan fingerprint density at radius 1 is 1.39 bits per heavy atom. The van der Waals surface area contributed by atoms with Crippen LogP contribution in [0, 0.1) is 6.92 Å². The summed E-state index contributed by atoms with van der Waals surface area (Å²) in [5.41, 5.74) is 4.51. The van der Waals surface area contributed by atoms with Crippen molar-refractivity contribution in [2.45, 2.75) is 45.1 Å². The molecule has 0 amide bonds. The quantitative estimate of drug-likeness (QED) is 0.323. The lowest BCUT2D eigenvalue weighted by Gasteiger charge is -2.19. The third-order valence-corrected chi connectivity index (χ3v) is 3.28. The first-order valence-electron chi connectivity index (χ1n) is 6.52. The number of guanidine groups is 1. The number of nitrogens with two attached hydrogens (primary N) is 1. The van der Waals surface area contributed by atoms with Crippen LogP contribution in [0.2, 0.25) is 0 Å². The second-order valence-corrected chi connectivity index (χ2v) is 4.68. The molecule has 0 unspecified atom stereocenters. The van der Waals surface area contributed by atoms with E-state index in [0.717, 1.165) is 24.2 Å². The van der Waals surface area contributed by atoms with Gasteiger partial charge in [0.1, 0.15) is 0 Å². The van der Waals surface area contributed by atoms with Crippen LogP contribution in [0.25, 0.3) is 0 Å². The Morgan fingerprint density at radius 2 is 2.17 bits per heavy atom. The van der Waals surface area contributed by atoms with E-state index >= 15 is 0 Å². The van der Waals surface area contributed by atoms with Gasteiger partial charge in [-0.15, -0.1) is 0 Å². The van der Waals surface area contributed by atoms with Crippen LogP contribution in [-0.4, -0.2) is 17.0 Å². The van der Waals surface area contributed by atoms with Crippen molar-refractivity contribution in [2.75, 3.05) is 5.32 Å². The number of nitrogens with one attached hydrogen (secondary N) is 2. The summed E-state index contributed by atoms with van der Waals surface area (Å²) in [6.07, 6.45) is 7.93. The molecule has 2 rings (SSSR count). The first kappa shape index (κ1) is 12.8. The van der Waals surface area contributed by atoms with E-state index in [-0.39, 0.29) is 0 Å². The molecule has 5 heteroatoms. The van der Waals surface area contributed by atoms with Crippen LogP contribution < -0.4 is 16.6 Å². The molecule has 4 N–H and O–H groups in total. The number of hydrazine groups is 1. The minimum Gasteiger partial charge on any atom is -0.324 e. The van der Waals surface area contributed by atoms with E-state index in [1.807, 2.05) is 19.1 Å². The number of anilines is 1. The molecule has 0 aliphatic heterocycles. The van der Waals surface area contributed by atoms with Gasteiger partial charge >= 0.3 is 0 Å². The number of hydrogen-bond acceptors (Lipinski definition) is 3. The minimum atomic E-state index is 0.384. The van der Waals surface area contributed by atoms with E-state index in [1.54, 1.807) is 6.20 Å². The fourth-order valence-electron chi connectivity index (χ4n) is 2.24. The third kappa shape index (κ3) is 3.43. The Hall–Kier alpha value is -1.62. The van der Waals surface area contributed by atoms with Crippen LogP contribution in [0.15, 0.2) is 23.3 Å². The van der Waals surface area contributed by atoms with Crippen molar-refractivity contribution in [3.63, 3.8) is 0 Å². The van der Waals surface area contributed by atoms with Crippen molar-refractivity contribution >= 4 is 11.6 Å². The highest BCUT2D eigenvalue weighted by atomic mass is 15.3. The van der Waals surface area contributed by atoms with Gasteiger partial charge in [-0.05, 0) is 31.9 Å². The SMILES string of the molecule is Cc1ncccc1NC(=NC1CCCCC1)NN. The fourth-order valence-corrected chi connectivity index (χ4v) is 2.24. The number of rotatable bonds is 2. The number of pyridine rings is 1. The molecule has 0 aromatic carbocycles. The van der Waals surface area contributed by atoms with Crippen molar-refractivity contribution in [3.05, 3.63) is 24.0 Å². The highest BCUT2D eigenvalue weighted by Crippen LogP contribution is 2.20. The smallest absolute Gasteiger partial charge is 0.210 e. The van der Waals surface area contributed by atoms with Gasteiger partial charge in [0, 0.05) is 6.20 Å². The molecule has 1 aliphatic carbocycles. The van der Waals surface area contributed by atoms with Crippen molar-refractivity contribution < 1.29 is 0 Å². The van der Waals surface area contributed by atoms with Gasteiger partial charge in [0.15, 0.2) is 0 Å². The minimum absolute atomic E-state index is 0.384. The molecule has 0 spiro atoms. The van der Waals surface area contributed by atoms with E-state index in [0.29, 0.717) is 12.0 Å². The highest BCUT2D eigenvalue weighted by Gasteiger charge is 2.13. The third-order valence-electron chi connectivity index (χ3n) is 3.28. The molecule has 1 saturated carbocycles. The zero-order chi connectivity index (χ0) is 12.8. The number of aryl methyl sites for hydroxylation is 1. The van der Waals surface area contributed by atoms with Crippen LogP contribution in [0.1, 0.15) is 37.8 Å². The van der Waals surface area contributed by atoms with Gasteiger partial charge < -0.3 is 5.32 Å². The Balaban J connectivity index is 2.04. The molecule has 5 nitrogen and oxygen atoms in total. The summed E-state index contributed by atoms with van der Waals surface area (Å²) < 4.78 is 0. The van der Waals surface area contributed by atoms with Crippen LogP contribution in [0.4, 0.5) is 5.69 Å². The van der Waals surface area contributed by atoms with E-state index in [2.05, 4.69) is 20.7 Å². The van der Waals surface area contributed by atoms with Crippen LogP contribution in [-0.2, 0) is 0 Å². The summed E-state index contributed by atoms with van der Waals surface area (Å²) in [5.74, 6) is 6.15. The lowest BCUT2D eigenvalue weighted by molar-refractivity contribution is 0.442. The van der Waals surface area contributed by atoms with Gasteiger partial charge in [-0.2, -0.15) is 0 Å². The predicted octanol–water partition coefficient (Wildman–Crippen LogP) is 1.95. The first-order chi connectivity index (χ1) is 8.79. The standard InChI is InChI=1S/C13H21N5/c1-10-12(8-5-9-15-10)17-13(18-14)16-11-6-3-2-4-7-11/h5,8-9,11H,2-4,6-7,14H2,1H3,(H2,16,17,18). The lowest BCUT2D eigenvalue weighted by atomic mass is 9.96. The first-order valence-corrected chi connectivity index (χ1v) is 6.52. The van der Waals surface area contributed by atoms with E-state index in [4.69, 9.17) is 5.84 Å². The Bertz CT molecular complexity index is 410. The van der Waals surface area contributed by atoms with Gasteiger partial charge in [0.05, 0.1) is 17.4 Å². The van der Waals surface area contributed by atoms with Gasteiger partial charge in [0.2, 0.25) is 5.96 Å². The summed E-state index contributed by atoms with van der Waals surface area (Å²) in [6.45, 7) is 1.96. The molecule has 1 aromatic heterocycles. The molecular weight excluding hydrogens is 226 g/mol. The Kier molecular flexibility index (Phi) is 4.52. The molecule has 18 heavy (non-hydrogen) atoms. The average Bonchev–Trinajstić information content (AvgIpc) is 2.41. The van der Waals surface area contributed by atoms with E-state index in [9.17, 15) is 0 Å². The topological polar surface area (TPSA) is 75.3 Å². The molecule has 0 saturated heterocycles. The maximum atomic E-state index is 5.52. The summed E-state index contributed by atoms with van der Waals surface area (Å²) in [5, 5.41) is 3.20. The summed E-state index contributed by atoms with van der Waals surface area (Å²) in [7, 11) is 0. The number of aliphatic imine (C=N–C) groups is 1. The molecule has 1 heterocycles. The van der Waals surface area contributed by atoms with Gasteiger partial charge in [-0.1, -0.05) is 19.3 Å². The molecule has 1 fully saturated rings. The molecule has 0 radical (unpaired) electrons. The van der Waals surface area contributed by atoms with Gasteiger partial charge in [-0.25, -0.2) is 10.8 Å². The van der Waals surface area contributed by atoms with Crippen LogP contribution >= 0.6 is 0 Å². The van der Waals surface area contributed by atoms with E-state index in [1.165, 1.54) is 19.3 Å². The Morgan fingerprint density at radius 3 is 2.83 bits per heavy atom. The molecule has 98 valence electrons. The number of aromatic nitrogens is 1. The van der Waals surface area contributed by atoms with Gasteiger partial charge in [0.25, 0.3) is 0 Å². The highest BCUT2D eigenvalue weighted by molar-refractivity contribution is 5.93. The van der Waals surface area contributed by atoms with Crippen molar-refractivity contribution in [1.29, 1.82) is 0 Å². The van der Waals surface area contributed by atoms with Gasteiger partial charge in [-0.3, -0.25) is 10.4 Å². The second kappa shape index (κ2) is 6.35. The van der Waals surface area contributed by atoms with Crippen molar-refractivity contribution in [1.82, 2.24) is 10.4 Å². The van der Waals surface area contributed by atoms with Crippen molar-refractivity contribution in [3.8, 4) is 0 Å². The summed E-state index contributed by atoms with van der Waals surface area (Å²) >= 11 is 0. The average molecular weight is 247 g/mol. The fraction of sp³-hybridized carbons (Fsp3) is 0.538. The lowest BCUT2D eigenvalue weighted by Crippen LogP contribution is -2.37. The monoisotopic (exact) mass is 247 g/mol. The summed E-state index contributed by atoms with van der Waals surface area (Å²) in [6, 6.07) is 4.24. The second-order valence-electron chi connectivity index (χ2n) is 4.68. The zero-order valence-corrected chi connectivity index (χ0v) is 10.8. The molecule has 0 bridgehead atoms. The van der Waals surface area contributed by atoms with Crippen molar-refractivity contribution in [2.24, 2.45) is 10.8 Å². The number of hydrogen-bond donors (Lipinski definition) is 3. The van der Waals surface area contributed by atoms with Crippen LogP contribution in [0.5, 0.6) is 0 Å². The molecule has 1 aromatic rings. The number of nitrogens with zero attached hydrogens (tertiary/aromatic N) is 2. The largest absolute Gasteiger partial charge is 0.324 e. The zero-order valence-electron chi connectivity index (χ0n) is 10.8. The maximum Gasteiger partial charge on any atom is 0.210 e. The van der Waals surface area contributed by atoms with E-state index < -0.39 is 0 Å². The normalized spacial score (nSPS) is 17.6. The Labute approximate surface area is 108 Å². The molecule has 0 atom stereocenters.